The number of aliphatic hydroxyl groups excluding tert-OH is 1. The van der Waals surface area contributed by atoms with Gasteiger partial charge in [-0.3, -0.25) is 4.79 Å². The Hall–Kier alpha value is -2.76. The molecule has 0 saturated heterocycles. The number of nitrogens with one attached hydrogen (secondary N) is 1. The molecule has 116 valence electrons. The third kappa shape index (κ3) is 3.46. The van der Waals surface area contributed by atoms with Crippen molar-refractivity contribution < 1.29 is 19.8 Å². The maximum absolute atomic E-state index is 12.0. The lowest BCUT2D eigenvalue weighted by Crippen LogP contribution is -2.19. The Labute approximate surface area is 128 Å². The minimum absolute atomic E-state index is 0.0983. The van der Waals surface area contributed by atoms with Crippen molar-refractivity contribution in [3.05, 3.63) is 46.9 Å². The van der Waals surface area contributed by atoms with Gasteiger partial charge in [0.25, 0.3) is 5.91 Å². The molecule has 1 heterocycles. The molecule has 0 radical (unpaired) electrons. The number of nitrogens with zero attached hydrogens (tertiary/aromatic N) is 1. The summed E-state index contributed by atoms with van der Waals surface area (Å²) < 4.78 is 0. The van der Waals surface area contributed by atoms with E-state index in [1.54, 1.807) is 25.1 Å². The van der Waals surface area contributed by atoms with Gasteiger partial charge in [0, 0.05) is 0 Å². The number of oxime groups is 1. The summed E-state index contributed by atoms with van der Waals surface area (Å²) >= 11 is 0. The normalized spacial score (nSPS) is 17.1. The highest BCUT2D eigenvalue weighted by atomic mass is 16.6. The van der Waals surface area contributed by atoms with Gasteiger partial charge in [0.2, 0.25) is 0 Å². The van der Waals surface area contributed by atoms with E-state index in [0.717, 1.165) is 12.0 Å². The molecule has 0 bridgehead atoms. The number of benzene rings is 1. The quantitative estimate of drug-likeness (QED) is 0.443. The Morgan fingerprint density at radius 2 is 2.00 bits per heavy atom. The lowest BCUT2D eigenvalue weighted by Gasteiger charge is -2.00. The molecule has 0 aromatic heterocycles. The van der Waals surface area contributed by atoms with E-state index in [1.165, 1.54) is 12.1 Å². The zero-order valence-electron chi connectivity index (χ0n) is 12.5. The predicted molar refractivity (Wildman–Crippen MR) is 83.2 cm³/mol. The van der Waals surface area contributed by atoms with Crippen LogP contribution in [0.5, 0.6) is 5.75 Å². The van der Waals surface area contributed by atoms with Crippen LogP contribution in [-0.4, -0.2) is 28.4 Å². The average Bonchev–Trinajstić information content (AvgIpc) is 2.76. The summed E-state index contributed by atoms with van der Waals surface area (Å²) in [7, 11) is 0. The number of phenols is 1. The topological polar surface area (TPSA) is 91.2 Å². The van der Waals surface area contributed by atoms with Crippen LogP contribution in [0.1, 0.15) is 25.8 Å². The zero-order chi connectivity index (χ0) is 16.1. The molecule has 1 aromatic carbocycles. The van der Waals surface area contributed by atoms with E-state index >= 15 is 0 Å². The van der Waals surface area contributed by atoms with Gasteiger partial charge in [-0.05, 0) is 37.1 Å². The molecule has 1 aliphatic heterocycles. The molecule has 1 aliphatic rings. The van der Waals surface area contributed by atoms with E-state index in [2.05, 4.69) is 10.5 Å². The second kappa shape index (κ2) is 6.80. The van der Waals surface area contributed by atoms with Crippen LogP contribution < -0.4 is 5.32 Å². The van der Waals surface area contributed by atoms with E-state index in [-0.39, 0.29) is 22.8 Å². The first-order chi connectivity index (χ1) is 10.5. The molecule has 1 amide bonds. The second-order valence-corrected chi connectivity index (χ2v) is 4.84. The first-order valence-electron chi connectivity index (χ1n) is 6.95. The van der Waals surface area contributed by atoms with E-state index in [4.69, 9.17) is 4.84 Å². The number of amides is 1. The molecule has 6 heteroatoms. The molecule has 2 rings (SSSR count). The maximum atomic E-state index is 12.0. The van der Waals surface area contributed by atoms with Gasteiger partial charge in [-0.2, -0.15) is 0 Å². The number of rotatable bonds is 5. The fourth-order valence-electron chi connectivity index (χ4n) is 1.94. The fraction of sp³-hybridized carbons (Fsp3) is 0.250. The molecule has 0 fully saturated rings. The predicted octanol–water partition coefficient (Wildman–Crippen LogP) is 2.48. The summed E-state index contributed by atoms with van der Waals surface area (Å²) in [6.07, 6.45) is 2.42. The largest absolute Gasteiger partial charge is 0.508 e. The second-order valence-electron chi connectivity index (χ2n) is 4.84. The van der Waals surface area contributed by atoms with Gasteiger partial charge >= 0.3 is 0 Å². The fourth-order valence-corrected chi connectivity index (χ4v) is 1.94. The summed E-state index contributed by atoms with van der Waals surface area (Å²) in [5.74, 6) is -0.447. The minimum atomic E-state index is -0.427. The smallest absolute Gasteiger partial charge is 0.261 e. The van der Waals surface area contributed by atoms with Gasteiger partial charge in [0.1, 0.15) is 17.9 Å². The standard InChI is InChI=1S/C16H18N2O4/c1-3-8-22-18-10(2)14-15(20)13(17-16(14)21)9-11-4-6-12(19)7-5-11/h4-7,9,19-20H,3,8H2,1-2H3,(H,17,21)/b13-9-,18-10+. The molecular weight excluding hydrogens is 284 g/mol. The molecule has 6 nitrogen and oxygen atoms in total. The van der Waals surface area contributed by atoms with Crippen LogP contribution in [0, 0.1) is 0 Å². The van der Waals surface area contributed by atoms with Crippen LogP contribution in [0.3, 0.4) is 0 Å². The molecule has 1 aromatic rings. The first-order valence-corrected chi connectivity index (χ1v) is 6.95. The van der Waals surface area contributed by atoms with E-state index in [1.807, 2.05) is 6.92 Å². The monoisotopic (exact) mass is 302 g/mol. The highest BCUT2D eigenvalue weighted by Gasteiger charge is 2.29. The van der Waals surface area contributed by atoms with Crippen molar-refractivity contribution in [3.8, 4) is 5.75 Å². The third-order valence-corrected chi connectivity index (χ3v) is 3.03. The summed E-state index contributed by atoms with van der Waals surface area (Å²) in [4.78, 5) is 17.0. The molecule has 22 heavy (non-hydrogen) atoms. The van der Waals surface area contributed by atoms with Gasteiger partial charge in [-0.25, -0.2) is 0 Å². The Balaban J connectivity index is 2.27. The Morgan fingerprint density at radius 3 is 2.64 bits per heavy atom. The number of hydrogen-bond acceptors (Lipinski definition) is 5. The van der Waals surface area contributed by atoms with Gasteiger partial charge in [0.15, 0.2) is 5.76 Å². The third-order valence-electron chi connectivity index (χ3n) is 3.03. The van der Waals surface area contributed by atoms with Crippen LogP contribution in [0.25, 0.3) is 6.08 Å². The van der Waals surface area contributed by atoms with Crippen LogP contribution >= 0.6 is 0 Å². The summed E-state index contributed by atoms with van der Waals surface area (Å²) in [6.45, 7) is 4.00. The van der Waals surface area contributed by atoms with Gasteiger partial charge < -0.3 is 20.4 Å². The van der Waals surface area contributed by atoms with Crippen molar-refractivity contribution in [2.75, 3.05) is 6.61 Å². The van der Waals surface area contributed by atoms with Crippen molar-refractivity contribution >= 4 is 17.7 Å². The van der Waals surface area contributed by atoms with Crippen LogP contribution in [-0.2, 0) is 9.63 Å². The minimum Gasteiger partial charge on any atom is -0.508 e. The molecule has 3 N–H and O–H groups in total. The lowest BCUT2D eigenvalue weighted by atomic mass is 10.1. The maximum Gasteiger partial charge on any atom is 0.261 e. The molecule has 0 spiro atoms. The van der Waals surface area contributed by atoms with Gasteiger partial charge in [-0.1, -0.05) is 24.2 Å². The molecule has 0 saturated carbocycles. The summed E-state index contributed by atoms with van der Waals surface area (Å²) in [5.41, 5.74) is 1.44. The van der Waals surface area contributed by atoms with E-state index in [9.17, 15) is 15.0 Å². The summed E-state index contributed by atoms with van der Waals surface area (Å²) in [5, 5.41) is 25.9. The van der Waals surface area contributed by atoms with Crippen molar-refractivity contribution in [3.63, 3.8) is 0 Å². The summed E-state index contributed by atoms with van der Waals surface area (Å²) in [6, 6.07) is 6.39. The van der Waals surface area contributed by atoms with Crippen LogP contribution in [0.15, 0.2) is 46.5 Å². The zero-order valence-corrected chi connectivity index (χ0v) is 12.5. The molecule has 0 unspecified atom stereocenters. The number of hydrogen-bond donors (Lipinski definition) is 3. The van der Waals surface area contributed by atoms with Crippen molar-refractivity contribution in [1.29, 1.82) is 0 Å². The van der Waals surface area contributed by atoms with Crippen LogP contribution in [0.2, 0.25) is 0 Å². The van der Waals surface area contributed by atoms with E-state index in [0.29, 0.717) is 12.3 Å². The van der Waals surface area contributed by atoms with Gasteiger partial charge in [0.05, 0.1) is 11.4 Å². The first kappa shape index (κ1) is 15.6. The number of carbonyl (C=O) groups excluding carboxylic acids is 1. The van der Waals surface area contributed by atoms with Crippen molar-refractivity contribution in [2.45, 2.75) is 20.3 Å². The number of phenolic OH excluding ortho intramolecular Hbond substituents is 1. The molecule has 0 atom stereocenters. The van der Waals surface area contributed by atoms with Crippen molar-refractivity contribution in [1.82, 2.24) is 5.32 Å². The highest BCUT2D eigenvalue weighted by molar-refractivity contribution is 6.24. The van der Waals surface area contributed by atoms with Gasteiger partial charge in [-0.15, -0.1) is 0 Å². The van der Waals surface area contributed by atoms with Crippen LogP contribution in [0.4, 0.5) is 0 Å². The average molecular weight is 302 g/mol. The number of carbonyl (C=O) groups is 1. The number of aliphatic hydroxyl groups is 1. The Kier molecular flexibility index (Phi) is 4.83. The highest BCUT2D eigenvalue weighted by Crippen LogP contribution is 2.22. The Morgan fingerprint density at radius 1 is 1.32 bits per heavy atom. The SMILES string of the molecule is CCCO/N=C(\C)C1=C(O)/C(=C/c2ccc(O)cc2)NC1=O. The number of aromatic hydroxyl groups is 1. The lowest BCUT2D eigenvalue weighted by molar-refractivity contribution is -0.115. The molecule has 0 aliphatic carbocycles. The Bertz CT molecular complexity index is 657. The van der Waals surface area contributed by atoms with Crippen molar-refractivity contribution in [2.24, 2.45) is 5.16 Å². The molecular formula is C16H18N2O4. The van der Waals surface area contributed by atoms with E-state index < -0.39 is 5.91 Å².